The fourth-order valence-electron chi connectivity index (χ4n) is 4.54. The molecule has 1 atom stereocenters. The SMILES string of the molecule is COC(=O)C1=C(C)N=c2sc(=Cc3ccc(OC)c(COc4ccc(F)cc4F)c3)c(=O)n2C1c1ccccc1. The van der Waals surface area contributed by atoms with Crippen LogP contribution in [-0.4, -0.2) is 24.8 Å². The van der Waals surface area contributed by atoms with E-state index in [1.807, 2.05) is 30.3 Å². The lowest BCUT2D eigenvalue weighted by atomic mass is 9.96. The van der Waals surface area contributed by atoms with E-state index in [0.29, 0.717) is 37.5 Å². The third-order valence-corrected chi connectivity index (χ3v) is 7.40. The topological polar surface area (TPSA) is 79.1 Å². The molecule has 0 bridgehead atoms. The summed E-state index contributed by atoms with van der Waals surface area (Å²) < 4.78 is 45.3. The van der Waals surface area contributed by atoms with Crippen LogP contribution in [0.2, 0.25) is 0 Å². The predicted molar refractivity (Wildman–Crippen MR) is 146 cm³/mol. The maximum atomic E-state index is 14.1. The first-order valence-electron chi connectivity index (χ1n) is 12.2. The first kappa shape index (κ1) is 27.0. The van der Waals surface area contributed by atoms with Gasteiger partial charge in [-0.3, -0.25) is 9.36 Å². The van der Waals surface area contributed by atoms with Crippen molar-refractivity contribution < 1.29 is 27.8 Å². The number of ether oxygens (including phenoxy) is 3. The van der Waals surface area contributed by atoms with Crippen LogP contribution in [0.1, 0.15) is 29.7 Å². The lowest BCUT2D eigenvalue weighted by Gasteiger charge is -2.24. The van der Waals surface area contributed by atoms with Crippen molar-refractivity contribution >= 4 is 23.4 Å². The van der Waals surface area contributed by atoms with Crippen LogP contribution in [0.15, 0.2) is 87.8 Å². The fraction of sp³-hybridized carbons (Fsp3) is 0.167. The molecule has 3 aromatic carbocycles. The normalized spacial score (nSPS) is 14.9. The molecule has 1 aliphatic rings. The van der Waals surface area contributed by atoms with Gasteiger partial charge in [0.25, 0.3) is 5.56 Å². The van der Waals surface area contributed by atoms with Gasteiger partial charge in [-0.15, -0.1) is 0 Å². The van der Waals surface area contributed by atoms with Crippen molar-refractivity contribution in [2.75, 3.05) is 14.2 Å². The second-order valence-electron chi connectivity index (χ2n) is 8.92. The number of benzene rings is 3. The summed E-state index contributed by atoms with van der Waals surface area (Å²) >= 11 is 1.20. The molecule has 0 radical (unpaired) electrons. The summed E-state index contributed by atoms with van der Waals surface area (Å²) in [5, 5.41) is 0. The number of carbonyl (C=O) groups is 1. The van der Waals surface area contributed by atoms with Crippen LogP contribution < -0.4 is 24.4 Å². The van der Waals surface area contributed by atoms with E-state index in [0.717, 1.165) is 17.7 Å². The first-order chi connectivity index (χ1) is 19.3. The van der Waals surface area contributed by atoms with Gasteiger partial charge in [0, 0.05) is 11.6 Å². The van der Waals surface area contributed by atoms with E-state index in [9.17, 15) is 18.4 Å². The number of thiazole rings is 1. The van der Waals surface area contributed by atoms with Crippen molar-refractivity contribution in [3.8, 4) is 11.5 Å². The van der Waals surface area contributed by atoms with Gasteiger partial charge in [-0.05, 0) is 48.4 Å². The van der Waals surface area contributed by atoms with Gasteiger partial charge in [-0.1, -0.05) is 47.7 Å². The molecule has 0 spiro atoms. The highest BCUT2D eigenvalue weighted by molar-refractivity contribution is 7.07. The van der Waals surface area contributed by atoms with E-state index in [1.165, 1.54) is 36.2 Å². The Morgan fingerprint density at radius 3 is 2.50 bits per heavy atom. The number of carbonyl (C=O) groups excluding carboxylic acids is 1. The summed E-state index contributed by atoms with van der Waals surface area (Å²) in [6, 6.07) is 16.9. The minimum atomic E-state index is -0.814. The molecule has 0 aliphatic carbocycles. The molecule has 4 aromatic rings. The van der Waals surface area contributed by atoms with Crippen LogP contribution in [0.4, 0.5) is 8.78 Å². The smallest absolute Gasteiger partial charge is 0.338 e. The highest BCUT2D eigenvalue weighted by Gasteiger charge is 2.32. The van der Waals surface area contributed by atoms with Gasteiger partial charge in [-0.25, -0.2) is 18.6 Å². The van der Waals surface area contributed by atoms with Crippen molar-refractivity contribution in [2.24, 2.45) is 4.99 Å². The van der Waals surface area contributed by atoms with Gasteiger partial charge < -0.3 is 14.2 Å². The molecule has 0 saturated carbocycles. The zero-order valence-electron chi connectivity index (χ0n) is 21.8. The third-order valence-electron chi connectivity index (χ3n) is 6.42. The molecule has 7 nitrogen and oxygen atoms in total. The van der Waals surface area contributed by atoms with Gasteiger partial charge in [0.05, 0.1) is 36.1 Å². The average molecular weight is 563 g/mol. The molecule has 0 N–H and O–H groups in total. The van der Waals surface area contributed by atoms with Crippen LogP contribution in [0.3, 0.4) is 0 Å². The van der Waals surface area contributed by atoms with Crippen LogP contribution in [0.5, 0.6) is 11.5 Å². The summed E-state index contributed by atoms with van der Waals surface area (Å²) in [7, 11) is 2.80. The zero-order valence-corrected chi connectivity index (χ0v) is 22.6. The Balaban J connectivity index is 1.56. The Morgan fingerprint density at radius 2 is 1.80 bits per heavy atom. The molecular weight excluding hydrogens is 538 g/mol. The highest BCUT2D eigenvalue weighted by Crippen LogP contribution is 2.30. The number of halogens is 2. The number of rotatable bonds is 7. The third kappa shape index (κ3) is 5.17. The number of aromatic nitrogens is 1. The second-order valence-corrected chi connectivity index (χ2v) is 9.93. The van der Waals surface area contributed by atoms with Gasteiger partial charge in [-0.2, -0.15) is 0 Å². The zero-order chi connectivity index (χ0) is 28.4. The molecule has 1 aliphatic heterocycles. The Morgan fingerprint density at radius 1 is 1.05 bits per heavy atom. The maximum absolute atomic E-state index is 14.1. The van der Waals surface area contributed by atoms with E-state index in [2.05, 4.69) is 4.99 Å². The molecule has 5 rings (SSSR count). The molecule has 0 amide bonds. The standard InChI is InChI=1S/C30H24F2N2O5S/c1-17-26(29(36)38-3)27(19-7-5-4-6-8-19)34-28(35)25(40-30(34)33-17)14-18-9-11-23(37-2)20(13-18)16-39-24-12-10-21(31)15-22(24)32/h4-15,27H,16H2,1-3H3. The van der Waals surface area contributed by atoms with E-state index in [1.54, 1.807) is 31.2 Å². The minimum Gasteiger partial charge on any atom is -0.496 e. The Labute approximate surface area is 231 Å². The minimum absolute atomic E-state index is 0.0512. The Hall–Kier alpha value is -4.57. The van der Waals surface area contributed by atoms with Gasteiger partial charge in [0.15, 0.2) is 16.4 Å². The second kappa shape index (κ2) is 11.3. The van der Waals surface area contributed by atoms with E-state index < -0.39 is 23.6 Å². The van der Waals surface area contributed by atoms with Crippen molar-refractivity contribution in [2.45, 2.75) is 19.6 Å². The quantitative estimate of drug-likeness (QED) is 0.315. The molecule has 204 valence electrons. The van der Waals surface area contributed by atoms with E-state index >= 15 is 0 Å². The fourth-order valence-corrected chi connectivity index (χ4v) is 5.59. The number of hydrogen-bond acceptors (Lipinski definition) is 7. The summed E-state index contributed by atoms with van der Waals surface area (Å²) in [6.45, 7) is 1.67. The highest BCUT2D eigenvalue weighted by atomic mass is 32.1. The van der Waals surface area contributed by atoms with Gasteiger partial charge in [0.2, 0.25) is 0 Å². The van der Waals surface area contributed by atoms with Crippen LogP contribution in [-0.2, 0) is 16.1 Å². The van der Waals surface area contributed by atoms with Crippen molar-refractivity contribution in [1.29, 1.82) is 0 Å². The number of allylic oxidation sites excluding steroid dienone is 1. The monoisotopic (exact) mass is 562 g/mol. The van der Waals surface area contributed by atoms with E-state index in [-0.39, 0.29) is 17.9 Å². The van der Waals surface area contributed by atoms with Crippen molar-refractivity contribution in [3.63, 3.8) is 0 Å². The van der Waals surface area contributed by atoms with Crippen molar-refractivity contribution in [3.05, 3.63) is 126 Å². The lowest BCUT2D eigenvalue weighted by Crippen LogP contribution is -2.39. The molecule has 10 heteroatoms. The summed E-state index contributed by atoms with van der Waals surface area (Å²) in [6.07, 6.45) is 1.71. The van der Waals surface area contributed by atoms with Crippen LogP contribution in [0.25, 0.3) is 6.08 Å². The Kier molecular flexibility index (Phi) is 7.61. The number of fused-ring (bicyclic) bond motifs is 1. The van der Waals surface area contributed by atoms with Gasteiger partial charge in [0.1, 0.15) is 18.2 Å². The summed E-state index contributed by atoms with van der Waals surface area (Å²) in [5.41, 5.74) is 2.48. The largest absolute Gasteiger partial charge is 0.496 e. The van der Waals surface area contributed by atoms with Crippen LogP contribution >= 0.6 is 11.3 Å². The average Bonchev–Trinajstić information content (AvgIpc) is 3.25. The number of nitrogens with zero attached hydrogens (tertiary/aromatic N) is 2. The van der Waals surface area contributed by atoms with E-state index in [4.69, 9.17) is 14.2 Å². The maximum Gasteiger partial charge on any atom is 0.338 e. The summed E-state index contributed by atoms with van der Waals surface area (Å²) in [5.74, 6) is -1.66. The first-order valence-corrected chi connectivity index (χ1v) is 13.0. The molecule has 2 heterocycles. The molecule has 0 fully saturated rings. The van der Waals surface area contributed by atoms with Gasteiger partial charge >= 0.3 is 5.97 Å². The number of esters is 1. The van der Waals surface area contributed by atoms with Crippen LogP contribution in [0, 0.1) is 11.6 Å². The number of hydrogen-bond donors (Lipinski definition) is 0. The Bertz CT molecular complexity index is 1810. The molecule has 1 aromatic heterocycles. The predicted octanol–water partition coefficient (Wildman–Crippen LogP) is 4.27. The van der Waals surface area contributed by atoms with Crippen molar-refractivity contribution in [1.82, 2.24) is 4.57 Å². The number of methoxy groups -OCH3 is 2. The molecular formula is C30H24F2N2O5S. The lowest BCUT2D eigenvalue weighted by molar-refractivity contribution is -0.136. The molecule has 1 unspecified atom stereocenters. The molecule has 0 saturated heterocycles. The molecule has 40 heavy (non-hydrogen) atoms. The summed E-state index contributed by atoms with van der Waals surface area (Å²) in [4.78, 5) is 31.5.